The SMILES string of the molecule is O=C(O)/C(=C/c1ccc2c(c1)OCO2)NC(=O)c1cccc([N+](=O)[O-])c1. The first kappa shape index (κ1) is 17.0. The van der Waals surface area contributed by atoms with Gasteiger partial charge in [0.25, 0.3) is 11.6 Å². The maximum atomic E-state index is 12.2. The van der Waals surface area contributed by atoms with Gasteiger partial charge in [0.15, 0.2) is 11.5 Å². The van der Waals surface area contributed by atoms with Crippen LogP contribution in [0, 0.1) is 10.1 Å². The standard InChI is InChI=1S/C17H12N2O7/c20-16(11-2-1-3-12(8-11)19(23)24)18-13(17(21)22)6-10-4-5-14-15(7-10)26-9-25-14/h1-8H,9H2,(H,18,20)(H,21,22)/b13-6-. The van der Waals surface area contributed by atoms with Crippen molar-refractivity contribution in [3.8, 4) is 11.5 Å². The quantitative estimate of drug-likeness (QED) is 0.477. The molecule has 2 aromatic carbocycles. The second kappa shape index (κ2) is 6.93. The van der Waals surface area contributed by atoms with Crippen molar-refractivity contribution in [1.29, 1.82) is 0 Å². The number of ether oxygens (including phenoxy) is 2. The zero-order valence-corrected chi connectivity index (χ0v) is 13.2. The van der Waals surface area contributed by atoms with Gasteiger partial charge in [0, 0.05) is 17.7 Å². The average molecular weight is 356 g/mol. The van der Waals surface area contributed by atoms with Crippen LogP contribution in [0.25, 0.3) is 6.08 Å². The second-order valence-corrected chi connectivity index (χ2v) is 5.24. The van der Waals surface area contributed by atoms with Crippen LogP contribution in [0.1, 0.15) is 15.9 Å². The van der Waals surface area contributed by atoms with E-state index in [9.17, 15) is 24.8 Å². The summed E-state index contributed by atoms with van der Waals surface area (Å²) >= 11 is 0. The van der Waals surface area contributed by atoms with Crippen LogP contribution in [0.4, 0.5) is 5.69 Å². The highest BCUT2D eigenvalue weighted by atomic mass is 16.7. The molecule has 2 aromatic rings. The number of hydrogen-bond acceptors (Lipinski definition) is 6. The summed E-state index contributed by atoms with van der Waals surface area (Å²) in [5.74, 6) is -1.13. The Kier molecular flexibility index (Phi) is 4.52. The molecule has 0 aliphatic carbocycles. The molecule has 0 aromatic heterocycles. The lowest BCUT2D eigenvalue weighted by Crippen LogP contribution is -2.27. The first-order chi connectivity index (χ1) is 12.4. The molecule has 0 saturated heterocycles. The molecular formula is C17H12N2O7. The van der Waals surface area contributed by atoms with Crippen LogP contribution in [-0.2, 0) is 4.79 Å². The van der Waals surface area contributed by atoms with Crippen LogP contribution >= 0.6 is 0 Å². The fraction of sp³-hybridized carbons (Fsp3) is 0.0588. The van der Waals surface area contributed by atoms with Crippen molar-refractivity contribution in [3.05, 3.63) is 69.4 Å². The zero-order chi connectivity index (χ0) is 18.7. The molecule has 0 saturated carbocycles. The number of nitrogens with zero attached hydrogens (tertiary/aromatic N) is 1. The van der Waals surface area contributed by atoms with Gasteiger partial charge in [0.1, 0.15) is 5.70 Å². The van der Waals surface area contributed by atoms with E-state index in [1.807, 2.05) is 0 Å². The lowest BCUT2D eigenvalue weighted by Gasteiger charge is -2.07. The number of non-ortho nitro benzene ring substituents is 1. The van der Waals surface area contributed by atoms with Gasteiger partial charge in [-0.25, -0.2) is 4.79 Å². The number of hydrogen-bond donors (Lipinski definition) is 2. The molecule has 0 bridgehead atoms. The summed E-state index contributed by atoms with van der Waals surface area (Å²) < 4.78 is 10.4. The third-order valence-electron chi connectivity index (χ3n) is 3.51. The number of amides is 1. The van der Waals surface area contributed by atoms with Crippen LogP contribution in [0.2, 0.25) is 0 Å². The lowest BCUT2D eigenvalue weighted by molar-refractivity contribution is -0.384. The Morgan fingerprint density at radius 1 is 1.15 bits per heavy atom. The number of aliphatic carboxylic acids is 1. The molecule has 2 N–H and O–H groups in total. The highest BCUT2D eigenvalue weighted by Crippen LogP contribution is 2.33. The molecule has 0 radical (unpaired) electrons. The van der Waals surface area contributed by atoms with Crippen molar-refractivity contribution >= 4 is 23.6 Å². The van der Waals surface area contributed by atoms with E-state index >= 15 is 0 Å². The molecule has 1 amide bonds. The molecule has 0 spiro atoms. The number of nitro groups is 1. The molecule has 1 aliphatic heterocycles. The Bertz CT molecular complexity index is 936. The summed E-state index contributed by atoms with van der Waals surface area (Å²) in [6.07, 6.45) is 1.25. The van der Waals surface area contributed by atoms with Crippen molar-refractivity contribution in [3.63, 3.8) is 0 Å². The van der Waals surface area contributed by atoms with Crippen LogP contribution in [0.15, 0.2) is 48.2 Å². The van der Waals surface area contributed by atoms with Gasteiger partial charge in [-0.1, -0.05) is 12.1 Å². The van der Waals surface area contributed by atoms with Gasteiger partial charge in [0.05, 0.1) is 4.92 Å². The summed E-state index contributed by atoms with van der Waals surface area (Å²) in [7, 11) is 0. The van der Waals surface area contributed by atoms with Crippen molar-refractivity contribution in [2.24, 2.45) is 0 Å². The first-order valence-electron chi connectivity index (χ1n) is 7.34. The van der Waals surface area contributed by atoms with E-state index in [4.69, 9.17) is 9.47 Å². The molecule has 3 rings (SSSR count). The van der Waals surface area contributed by atoms with Crippen LogP contribution < -0.4 is 14.8 Å². The monoisotopic (exact) mass is 356 g/mol. The van der Waals surface area contributed by atoms with Crippen LogP contribution in [-0.4, -0.2) is 28.7 Å². The van der Waals surface area contributed by atoms with Crippen LogP contribution in [0.3, 0.4) is 0 Å². The van der Waals surface area contributed by atoms with E-state index in [-0.39, 0.29) is 23.7 Å². The van der Waals surface area contributed by atoms with Gasteiger partial charge >= 0.3 is 5.97 Å². The van der Waals surface area contributed by atoms with E-state index in [2.05, 4.69) is 5.32 Å². The van der Waals surface area contributed by atoms with E-state index in [1.54, 1.807) is 18.2 Å². The number of benzene rings is 2. The fourth-order valence-corrected chi connectivity index (χ4v) is 2.28. The van der Waals surface area contributed by atoms with E-state index < -0.39 is 16.8 Å². The summed E-state index contributed by atoms with van der Waals surface area (Å²) in [6.45, 7) is 0.0812. The summed E-state index contributed by atoms with van der Waals surface area (Å²) in [4.78, 5) is 33.8. The van der Waals surface area contributed by atoms with Gasteiger partial charge in [-0.2, -0.15) is 0 Å². The van der Waals surface area contributed by atoms with E-state index in [1.165, 1.54) is 24.3 Å². The molecule has 132 valence electrons. The Balaban J connectivity index is 1.84. The number of nitro benzene ring substituents is 1. The van der Waals surface area contributed by atoms with Gasteiger partial charge in [0.2, 0.25) is 6.79 Å². The van der Waals surface area contributed by atoms with Crippen LogP contribution in [0.5, 0.6) is 11.5 Å². The molecule has 9 nitrogen and oxygen atoms in total. The third-order valence-corrected chi connectivity index (χ3v) is 3.51. The Hall–Kier alpha value is -3.88. The van der Waals surface area contributed by atoms with Gasteiger partial charge in [-0.05, 0) is 29.8 Å². The number of carbonyl (C=O) groups excluding carboxylic acids is 1. The van der Waals surface area contributed by atoms with E-state index in [0.717, 1.165) is 6.07 Å². The topological polar surface area (TPSA) is 128 Å². The number of fused-ring (bicyclic) bond motifs is 1. The normalized spacial score (nSPS) is 12.5. The molecule has 1 aliphatic rings. The summed E-state index contributed by atoms with van der Waals surface area (Å²) in [5.41, 5.74) is -0.210. The number of carbonyl (C=O) groups is 2. The molecule has 0 fully saturated rings. The minimum Gasteiger partial charge on any atom is -0.477 e. The van der Waals surface area contributed by atoms with Crippen molar-refractivity contribution in [1.82, 2.24) is 5.32 Å². The summed E-state index contributed by atoms with van der Waals surface area (Å²) in [6, 6.07) is 9.79. The molecule has 0 unspecified atom stereocenters. The number of rotatable bonds is 5. The number of nitrogens with one attached hydrogen (secondary N) is 1. The minimum absolute atomic E-state index is 0.0305. The van der Waals surface area contributed by atoms with E-state index in [0.29, 0.717) is 17.1 Å². The van der Waals surface area contributed by atoms with Gasteiger partial charge in [-0.15, -0.1) is 0 Å². The van der Waals surface area contributed by atoms with Crippen molar-refractivity contribution in [2.45, 2.75) is 0 Å². The number of carboxylic acid groups (broad SMARTS) is 1. The van der Waals surface area contributed by atoms with Gasteiger partial charge < -0.3 is 19.9 Å². The Morgan fingerprint density at radius 3 is 2.65 bits per heavy atom. The fourth-order valence-electron chi connectivity index (χ4n) is 2.28. The predicted molar refractivity (Wildman–Crippen MR) is 88.7 cm³/mol. The first-order valence-corrected chi connectivity index (χ1v) is 7.34. The Morgan fingerprint density at radius 2 is 1.92 bits per heavy atom. The maximum Gasteiger partial charge on any atom is 0.352 e. The van der Waals surface area contributed by atoms with Crippen molar-refractivity contribution in [2.75, 3.05) is 6.79 Å². The highest BCUT2D eigenvalue weighted by molar-refractivity contribution is 6.03. The molecule has 0 atom stereocenters. The molecular weight excluding hydrogens is 344 g/mol. The minimum atomic E-state index is -1.36. The molecule has 26 heavy (non-hydrogen) atoms. The van der Waals surface area contributed by atoms with Crippen molar-refractivity contribution < 1.29 is 29.1 Å². The lowest BCUT2D eigenvalue weighted by atomic mass is 10.1. The largest absolute Gasteiger partial charge is 0.477 e. The Labute approximate surface area is 146 Å². The predicted octanol–water partition coefficient (Wildman–Crippen LogP) is 2.18. The number of carboxylic acids is 1. The maximum absolute atomic E-state index is 12.2. The molecule has 9 heteroatoms. The van der Waals surface area contributed by atoms with Gasteiger partial charge in [-0.3, -0.25) is 14.9 Å². The third kappa shape index (κ3) is 3.61. The highest BCUT2D eigenvalue weighted by Gasteiger charge is 2.17. The summed E-state index contributed by atoms with van der Waals surface area (Å²) in [5, 5.41) is 22.3. The smallest absolute Gasteiger partial charge is 0.352 e. The molecule has 1 heterocycles. The second-order valence-electron chi connectivity index (χ2n) is 5.24. The average Bonchev–Trinajstić information content (AvgIpc) is 3.08. The zero-order valence-electron chi connectivity index (χ0n) is 13.2.